The molecule has 3 aromatic rings. The number of nitrogens with zero attached hydrogens (tertiary/aromatic N) is 3. The van der Waals surface area contributed by atoms with Gasteiger partial charge in [0.1, 0.15) is 0 Å². The minimum absolute atomic E-state index is 0.0671. The van der Waals surface area contributed by atoms with Crippen LogP contribution in [0.15, 0.2) is 30.3 Å². The highest BCUT2D eigenvalue weighted by atomic mass is 32.1. The van der Waals surface area contributed by atoms with Gasteiger partial charge in [-0.3, -0.25) is 4.79 Å². The van der Waals surface area contributed by atoms with E-state index >= 15 is 0 Å². The van der Waals surface area contributed by atoms with Crippen LogP contribution in [0.2, 0.25) is 0 Å². The van der Waals surface area contributed by atoms with Crippen LogP contribution in [0, 0.1) is 27.7 Å². The fourth-order valence-electron chi connectivity index (χ4n) is 2.60. The molecule has 124 valence electrons. The van der Waals surface area contributed by atoms with E-state index in [9.17, 15) is 4.79 Å². The molecule has 3 rings (SSSR count). The first-order valence-corrected chi connectivity index (χ1v) is 8.61. The summed E-state index contributed by atoms with van der Waals surface area (Å²) in [7, 11) is 0. The van der Waals surface area contributed by atoms with Crippen LogP contribution < -0.4 is 5.32 Å². The van der Waals surface area contributed by atoms with E-state index in [2.05, 4.69) is 15.4 Å². The highest BCUT2D eigenvalue weighted by Gasteiger charge is 2.17. The van der Waals surface area contributed by atoms with Gasteiger partial charge in [-0.25, -0.2) is 9.67 Å². The summed E-state index contributed by atoms with van der Waals surface area (Å²) in [6, 6.07) is 9.94. The van der Waals surface area contributed by atoms with Gasteiger partial charge in [-0.1, -0.05) is 18.2 Å². The Morgan fingerprint density at radius 1 is 1.12 bits per heavy atom. The molecule has 0 aliphatic carbocycles. The third-order valence-corrected chi connectivity index (χ3v) is 5.04. The first-order valence-electron chi connectivity index (χ1n) is 7.80. The van der Waals surface area contributed by atoms with Crippen LogP contribution >= 0.6 is 11.3 Å². The second kappa shape index (κ2) is 6.57. The van der Waals surface area contributed by atoms with Crippen molar-refractivity contribution in [3.8, 4) is 5.69 Å². The molecular weight excluding hydrogens is 320 g/mol. The van der Waals surface area contributed by atoms with Gasteiger partial charge in [0.05, 0.1) is 23.5 Å². The molecule has 5 nitrogen and oxygen atoms in total. The van der Waals surface area contributed by atoms with Crippen molar-refractivity contribution in [1.82, 2.24) is 14.8 Å². The van der Waals surface area contributed by atoms with E-state index in [1.165, 1.54) is 11.3 Å². The average Bonchev–Trinajstić information content (AvgIpc) is 3.01. The van der Waals surface area contributed by atoms with Crippen molar-refractivity contribution in [3.63, 3.8) is 0 Å². The quantitative estimate of drug-likeness (QED) is 0.787. The summed E-state index contributed by atoms with van der Waals surface area (Å²) in [5, 5.41) is 8.12. The zero-order valence-electron chi connectivity index (χ0n) is 14.3. The topological polar surface area (TPSA) is 59.8 Å². The van der Waals surface area contributed by atoms with E-state index in [1.54, 1.807) is 0 Å². The number of carbonyl (C=O) groups excluding carboxylic acids is 1. The summed E-state index contributed by atoms with van der Waals surface area (Å²) < 4.78 is 1.88. The smallest absolute Gasteiger partial charge is 0.230 e. The monoisotopic (exact) mass is 340 g/mol. The minimum Gasteiger partial charge on any atom is -0.302 e. The fraction of sp³-hybridized carbons (Fsp3) is 0.278. The van der Waals surface area contributed by atoms with Crippen molar-refractivity contribution >= 4 is 22.4 Å². The molecule has 0 aliphatic rings. The largest absolute Gasteiger partial charge is 0.302 e. The molecule has 0 spiro atoms. The molecule has 6 heteroatoms. The number of hydrogen-bond donors (Lipinski definition) is 1. The number of aromatic nitrogens is 3. The van der Waals surface area contributed by atoms with Gasteiger partial charge in [0.25, 0.3) is 0 Å². The van der Waals surface area contributed by atoms with E-state index in [-0.39, 0.29) is 5.91 Å². The Morgan fingerprint density at radius 3 is 2.46 bits per heavy atom. The van der Waals surface area contributed by atoms with Gasteiger partial charge in [0.15, 0.2) is 5.13 Å². The molecule has 0 saturated carbocycles. The number of anilines is 1. The molecule has 0 radical (unpaired) electrons. The van der Waals surface area contributed by atoms with Gasteiger partial charge in [-0.2, -0.15) is 5.10 Å². The summed E-state index contributed by atoms with van der Waals surface area (Å²) in [5.41, 5.74) is 4.77. The number of carbonyl (C=O) groups is 1. The number of para-hydroxylation sites is 1. The van der Waals surface area contributed by atoms with Gasteiger partial charge < -0.3 is 5.32 Å². The molecule has 0 bridgehead atoms. The van der Waals surface area contributed by atoms with Crippen LogP contribution in [-0.2, 0) is 11.2 Å². The van der Waals surface area contributed by atoms with Crippen LogP contribution in [0.25, 0.3) is 5.69 Å². The molecule has 2 heterocycles. The first kappa shape index (κ1) is 16.4. The van der Waals surface area contributed by atoms with Crippen molar-refractivity contribution in [1.29, 1.82) is 0 Å². The van der Waals surface area contributed by atoms with Crippen LogP contribution in [-0.4, -0.2) is 20.7 Å². The number of thiazole rings is 1. The van der Waals surface area contributed by atoms with E-state index < -0.39 is 0 Å². The lowest BCUT2D eigenvalue weighted by atomic mass is 10.1. The summed E-state index contributed by atoms with van der Waals surface area (Å²) in [4.78, 5) is 17.8. The molecule has 1 amide bonds. The standard InChI is InChI=1S/C18H20N4OS/c1-11-14(4)24-18(19-11)20-17(23)10-16-12(2)21-22(13(16)3)15-8-6-5-7-9-15/h5-9H,10H2,1-4H3,(H,19,20,23). The zero-order valence-corrected chi connectivity index (χ0v) is 15.1. The maximum atomic E-state index is 12.4. The second-order valence-electron chi connectivity index (χ2n) is 5.78. The zero-order chi connectivity index (χ0) is 17.3. The summed E-state index contributed by atoms with van der Waals surface area (Å²) in [5.74, 6) is -0.0671. The van der Waals surface area contributed by atoms with Crippen molar-refractivity contribution in [2.75, 3.05) is 5.32 Å². The normalized spacial score (nSPS) is 10.8. The Morgan fingerprint density at radius 2 is 1.83 bits per heavy atom. The molecule has 2 aromatic heterocycles. The Labute approximate surface area is 145 Å². The summed E-state index contributed by atoms with van der Waals surface area (Å²) in [6.45, 7) is 7.88. The van der Waals surface area contributed by atoms with E-state index in [0.717, 1.165) is 33.2 Å². The van der Waals surface area contributed by atoms with E-state index in [0.29, 0.717) is 11.6 Å². The number of nitrogens with one attached hydrogen (secondary N) is 1. The van der Waals surface area contributed by atoms with E-state index in [4.69, 9.17) is 0 Å². The maximum absolute atomic E-state index is 12.4. The Hall–Kier alpha value is -2.47. The number of hydrogen-bond acceptors (Lipinski definition) is 4. The van der Waals surface area contributed by atoms with Gasteiger partial charge in [-0.05, 0) is 39.8 Å². The predicted molar refractivity (Wildman–Crippen MR) is 97.0 cm³/mol. The molecule has 0 aliphatic heterocycles. The van der Waals surface area contributed by atoms with Gasteiger partial charge in [-0.15, -0.1) is 11.3 Å². The molecule has 24 heavy (non-hydrogen) atoms. The number of benzene rings is 1. The fourth-order valence-corrected chi connectivity index (χ4v) is 3.43. The molecule has 1 aromatic carbocycles. The number of rotatable bonds is 4. The van der Waals surface area contributed by atoms with Crippen molar-refractivity contribution < 1.29 is 4.79 Å². The Bertz CT molecular complexity index is 861. The lowest BCUT2D eigenvalue weighted by Gasteiger charge is -2.05. The minimum atomic E-state index is -0.0671. The second-order valence-corrected chi connectivity index (χ2v) is 6.99. The van der Waals surface area contributed by atoms with Crippen LogP contribution in [0.5, 0.6) is 0 Å². The van der Waals surface area contributed by atoms with Crippen LogP contribution in [0.3, 0.4) is 0 Å². The third kappa shape index (κ3) is 3.23. The maximum Gasteiger partial charge on any atom is 0.230 e. The van der Waals surface area contributed by atoms with E-state index in [1.807, 2.05) is 62.7 Å². The molecule has 0 fully saturated rings. The SMILES string of the molecule is Cc1nc(NC(=O)Cc2c(C)nn(-c3ccccc3)c2C)sc1C. The van der Waals surface area contributed by atoms with Crippen molar-refractivity contribution in [3.05, 3.63) is 57.9 Å². The summed E-state index contributed by atoms with van der Waals surface area (Å²) in [6.07, 6.45) is 0.294. The first-order chi connectivity index (χ1) is 11.5. The van der Waals surface area contributed by atoms with Crippen molar-refractivity contribution in [2.24, 2.45) is 0 Å². The third-order valence-electron chi connectivity index (χ3n) is 4.05. The number of amides is 1. The lowest BCUT2D eigenvalue weighted by Crippen LogP contribution is -2.15. The predicted octanol–water partition coefficient (Wildman–Crippen LogP) is 3.74. The van der Waals surface area contributed by atoms with Gasteiger partial charge >= 0.3 is 0 Å². The van der Waals surface area contributed by atoms with Crippen molar-refractivity contribution in [2.45, 2.75) is 34.1 Å². The molecular formula is C18H20N4OS. The number of aryl methyl sites for hydroxylation is 3. The molecule has 0 unspecified atom stereocenters. The van der Waals surface area contributed by atoms with Gasteiger partial charge in [0.2, 0.25) is 5.91 Å². The average molecular weight is 340 g/mol. The Kier molecular flexibility index (Phi) is 4.49. The van der Waals surface area contributed by atoms with Crippen LogP contribution in [0.4, 0.5) is 5.13 Å². The molecule has 0 saturated heterocycles. The Balaban J connectivity index is 1.80. The highest BCUT2D eigenvalue weighted by Crippen LogP contribution is 2.22. The highest BCUT2D eigenvalue weighted by molar-refractivity contribution is 7.15. The molecule has 1 N–H and O–H groups in total. The van der Waals surface area contributed by atoms with Crippen LogP contribution in [0.1, 0.15) is 27.5 Å². The molecule has 0 atom stereocenters. The summed E-state index contributed by atoms with van der Waals surface area (Å²) >= 11 is 1.50. The lowest BCUT2D eigenvalue weighted by molar-refractivity contribution is -0.115. The van der Waals surface area contributed by atoms with Gasteiger partial charge in [0, 0.05) is 16.1 Å².